The van der Waals surface area contributed by atoms with Crippen molar-refractivity contribution in [2.45, 2.75) is 33.2 Å². The third-order valence-corrected chi connectivity index (χ3v) is 2.84. The van der Waals surface area contributed by atoms with E-state index in [2.05, 4.69) is 16.0 Å². The van der Waals surface area contributed by atoms with Gasteiger partial charge in [0, 0.05) is 37.5 Å². The third-order valence-electron chi connectivity index (χ3n) is 2.84. The fraction of sp³-hybridized carbons (Fsp3) is 0.846. The molecule has 6 nitrogen and oxygen atoms in total. The number of hydrogen-bond donors (Lipinski definition) is 3. The molecular formula is C13H25N3O3. The van der Waals surface area contributed by atoms with E-state index in [-0.39, 0.29) is 17.9 Å². The van der Waals surface area contributed by atoms with E-state index in [9.17, 15) is 9.59 Å². The molecule has 1 saturated heterocycles. The molecule has 1 aliphatic heterocycles. The van der Waals surface area contributed by atoms with E-state index in [1.165, 1.54) is 0 Å². The normalized spacial score (nSPS) is 19.8. The van der Waals surface area contributed by atoms with Gasteiger partial charge >= 0.3 is 0 Å². The summed E-state index contributed by atoms with van der Waals surface area (Å²) in [6, 6.07) is 0.0953. The standard InChI is InChI=1S/C13H25N3O3/c1-13(2,3)12(18)16-5-4-15-11(17)8-10-9-19-7-6-14-10/h10,14H,4-9H2,1-3H3,(H,15,17)(H,16,18). The van der Waals surface area contributed by atoms with E-state index in [0.717, 1.165) is 6.54 Å². The Kier molecular flexibility index (Phi) is 6.24. The van der Waals surface area contributed by atoms with E-state index in [1.807, 2.05) is 20.8 Å². The first kappa shape index (κ1) is 15.9. The lowest BCUT2D eigenvalue weighted by atomic mass is 9.96. The van der Waals surface area contributed by atoms with Gasteiger partial charge in [0.25, 0.3) is 0 Å². The van der Waals surface area contributed by atoms with Gasteiger partial charge in [-0.25, -0.2) is 0 Å². The van der Waals surface area contributed by atoms with Gasteiger partial charge in [0.05, 0.1) is 13.2 Å². The molecule has 3 N–H and O–H groups in total. The topological polar surface area (TPSA) is 79.5 Å². The van der Waals surface area contributed by atoms with Crippen LogP contribution in [0.1, 0.15) is 27.2 Å². The molecule has 0 spiro atoms. The molecule has 0 aromatic carbocycles. The van der Waals surface area contributed by atoms with Gasteiger partial charge in [0.1, 0.15) is 0 Å². The van der Waals surface area contributed by atoms with Crippen LogP contribution in [0.15, 0.2) is 0 Å². The maximum atomic E-state index is 11.6. The Bertz CT molecular complexity index is 307. The highest BCUT2D eigenvalue weighted by Gasteiger charge is 2.20. The van der Waals surface area contributed by atoms with Crippen LogP contribution in [-0.4, -0.2) is 50.7 Å². The average molecular weight is 271 g/mol. The second-order valence-corrected chi connectivity index (χ2v) is 5.79. The Morgan fingerprint density at radius 2 is 1.95 bits per heavy atom. The zero-order valence-corrected chi connectivity index (χ0v) is 12.0. The zero-order valence-electron chi connectivity index (χ0n) is 12.0. The van der Waals surface area contributed by atoms with Crippen molar-refractivity contribution < 1.29 is 14.3 Å². The fourth-order valence-corrected chi connectivity index (χ4v) is 1.69. The quantitative estimate of drug-likeness (QED) is 0.597. The Labute approximate surface area is 114 Å². The number of nitrogens with one attached hydrogen (secondary N) is 3. The molecule has 0 aromatic rings. The summed E-state index contributed by atoms with van der Waals surface area (Å²) in [7, 11) is 0. The fourth-order valence-electron chi connectivity index (χ4n) is 1.69. The predicted molar refractivity (Wildman–Crippen MR) is 72.7 cm³/mol. The van der Waals surface area contributed by atoms with Gasteiger partial charge in [-0.1, -0.05) is 20.8 Å². The highest BCUT2D eigenvalue weighted by atomic mass is 16.5. The lowest BCUT2D eigenvalue weighted by Gasteiger charge is -2.23. The second-order valence-electron chi connectivity index (χ2n) is 5.79. The van der Waals surface area contributed by atoms with Crippen molar-refractivity contribution in [1.29, 1.82) is 0 Å². The van der Waals surface area contributed by atoms with Gasteiger partial charge in [-0.2, -0.15) is 0 Å². The van der Waals surface area contributed by atoms with Crippen LogP contribution >= 0.6 is 0 Å². The molecule has 110 valence electrons. The Morgan fingerprint density at radius 3 is 2.53 bits per heavy atom. The second kappa shape index (κ2) is 7.45. The molecule has 1 fully saturated rings. The van der Waals surface area contributed by atoms with Crippen molar-refractivity contribution in [1.82, 2.24) is 16.0 Å². The summed E-state index contributed by atoms with van der Waals surface area (Å²) in [5.41, 5.74) is -0.395. The molecule has 6 heteroatoms. The molecule has 2 amide bonds. The van der Waals surface area contributed by atoms with Crippen LogP contribution in [-0.2, 0) is 14.3 Å². The predicted octanol–water partition coefficient (Wildman–Crippen LogP) is -0.357. The number of rotatable bonds is 5. The van der Waals surface area contributed by atoms with Crippen LogP contribution in [0.3, 0.4) is 0 Å². The summed E-state index contributed by atoms with van der Waals surface area (Å²) in [5.74, 6) is -0.0305. The van der Waals surface area contributed by atoms with E-state index < -0.39 is 5.41 Å². The molecule has 0 aliphatic carbocycles. The van der Waals surface area contributed by atoms with E-state index in [0.29, 0.717) is 32.7 Å². The molecule has 1 aliphatic rings. The van der Waals surface area contributed by atoms with Gasteiger partial charge in [0.15, 0.2) is 0 Å². The minimum atomic E-state index is -0.395. The van der Waals surface area contributed by atoms with E-state index in [4.69, 9.17) is 4.74 Å². The number of amides is 2. The monoisotopic (exact) mass is 271 g/mol. The number of carbonyl (C=O) groups excluding carboxylic acids is 2. The molecule has 0 bridgehead atoms. The summed E-state index contributed by atoms with van der Waals surface area (Å²) in [6.45, 7) is 8.55. The summed E-state index contributed by atoms with van der Waals surface area (Å²) in [5, 5.41) is 8.80. The summed E-state index contributed by atoms with van der Waals surface area (Å²) >= 11 is 0. The van der Waals surface area contributed by atoms with Crippen LogP contribution in [0, 0.1) is 5.41 Å². The summed E-state index contributed by atoms with van der Waals surface area (Å²) in [6.07, 6.45) is 0.410. The van der Waals surface area contributed by atoms with Gasteiger partial charge in [-0.15, -0.1) is 0 Å². The van der Waals surface area contributed by atoms with Crippen molar-refractivity contribution >= 4 is 11.8 Å². The first-order valence-corrected chi connectivity index (χ1v) is 6.75. The molecule has 1 heterocycles. The number of ether oxygens (including phenoxy) is 1. The maximum absolute atomic E-state index is 11.6. The minimum Gasteiger partial charge on any atom is -0.378 e. The summed E-state index contributed by atoms with van der Waals surface area (Å²) < 4.78 is 5.28. The Morgan fingerprint density at radius 1 is 1.26 bits per heavy atom. The van der Waals surface area contributed by atoms with Gasteiger partial charge in [-0.3, -0.25) is 9.59 Å². The lowest BCUT2D eigenvalue weighted by Crippen LogP contribution is -2.45. The molecular weight excluding hydrogens is 246 g/mol. The molecule has 0 aromatic heterocycles. The third kappa shape index (κ3) is 6.54. The molecule has 0 saturated carbocycles. The first-order valence-electron chi connectivity index (χ1n) is 6.75. The molecule has 19 heavy (non-hydrogen) atoms. The molecule has 0 radical (unpaired) electrons. The van der Waals surface area contributed by atoms with Crippen molar-refractivity contribution in [3.8, 4) is 0 Å². The first-order chi connectivity index (χ1) is 8.89. The SMILES string of the molecule is CC(C)(C)C(=O)NCCNC(=O)CC1COCCN1. The number of carbonyl (C=O) groups is 2. The van der Waals surface area contributed by atoms with Crippen LogP contribution in [0.25, 0.3) is 0 Å². The molecule has 1 rings (SSSR count). The zero-order chi connectivity index (χ0) is 14.3. The molecule has 1 atom stereocenters. The van der Waals surface area contributed by atoms with Crippen LogP contribution in [0.2, 0.25) is 0 Å². The van der Waals surface area contributed by atoms with Gasteiger partial charge in [0.2, 0.25) is 11.8 Å². The Balaban J connectivity index is 2.08. The maximum Gasteiger partial charge on any atom is 0.225 e. The smallest absolute Gasteiger partial charge is 0.225 e. The molecule has 1 unspecified atom stereocenters. The van der Waals surface area contributed by atoms with Crippen molar-refractivity contribution in [3.05, 3.63) is 0 Å². The van der Waals surface area contributed by atoms with Crippen molar-refractivity contribution in [2.24, 2.45) is 5.41 Å². The lowest BCUT2D eigenvalue weighted by molar-refractivity contribution is -0.128. The average Bonchev–Trinajstić information content (AvgIpc) is 2.34. The van der Waals surface area contributed by atoms with E-state index >= 15 is 0 Å². The highest BCUT2D eigenvalue weighted by molar-refractivity contribution is 5.81. The number of morpholine rings is 1. The van der Waals surface area contributed by atoms with E-state index in [1.54, 1.807) is 0 Å². The van der Waals surface area contributed by atoms with Crippen molar-refractivity contribution in [3.63, 3.8) is 0 Å². The van der Waals surface area contributed by atoms with Crippen LogP contribution < -0.4 is 16.0 Å². The summed E-state index contributed by atoms with van der Waals surface area (Å²) in [4.78, 5) is 23.2. The van der Waals surface area contributed by atoms with Crippen molar-refractivity contribution in [2.75, 3.05) is 32.8 Å². The van der Waals surface area contributed by atoms with Crippen LogP contribution in [0.4, 0.5) is 0 Å². The van der Waals surface area contributed by atoms with Gasteiger partial charge in [-0.05, 0) is 0 Å². The van der Waals surface area contributed by atoms with Gasteiger partial charge < -0.3 is 20.7 Å². The minimum absolute atomic E-state index is 0.0101. The Hall–Kier alpha value is -1.14. The van der Waals surface area contributed by atoms with Crippen LogP contribution in [0.5, 0.6) is 0 Å². The highest BCUT2D eigenvalue weighted by Crippen LogP contribution is 2.11. The number of hydrogen-bond acceptors (Lipinski definition) is 4. The largest absolute Gasteiger partial charge is 0.378 e.